The van der Waals surface area contributed by atoms with E-state index in [0.717, 1.165) is 18.8 Å². The van der Waals surface area contributed by atoms with E-state index in [4.69, 9.17) is 4.74 Å². The van der Waals surface area contributed by atoms with E-state index in [-0.39, 0.29) is 12.0 Å². The molecular weight excluding hydrogens is 238 g/mol. The molecule has 2 fully saturated rings. The molecule has 3 atom stereocenters. The first-order valence-corrected chi connectivity index (χ1v) is 8.24. The maximum atomic E-state index is 11.9. The van der Waals surface area contributed by atoms with Gasteiger partial charge in [-0.2, -0.15) is 0 Å². The number of fused-ring (bicyclic) bond motifs is 1. The molecular formula is C16H29NO2. The number of carbonyl (C=O) groups excluding carboxylic acids is 1. The SMILES string of the molecule is CCCCCCCCOC(=O)[C@@H]1C[C@@H]2CCC[C@@H]2N1. The molecule has 3 heteroatoms. The summed E-state index contributed by atoms with van der Waals surface area (Å²) >= 11 is 0. The number of unbranched alkanes of at least 4 members (excludes halogenated alkanes) is 5. The van der Waals surface area contributed by atoms with Crippen LogP contribution >= 0.6 is 0 Å². The lowest BCUT2D eigenvalue weighted by molar-refractivity contribution is -0.146. The zero-order chi connectivity index (χ0) is 13.5. The molecule has 2 aliphatic rings. The van der Waals surface area contributed by atoms with Crippen LogP contribution in [0.5, 0.6) is 0 Å². The minimum atomic E-state index is -0.0182. The molecule has 0 aromatic rings. The molecule has 110 valence electrons. The third-order valence-corrected chi connectivity index (χ3v) is 4.64. The van der Waals surface area contributed by atoms with Gasteiger partial charge in [-0.25, -0.2) is 0 Å². The van der Waals surface area contributed by atoms with Crippen LogP contribution in [0.2, 0.25) is 0 Å². The van der Waals surface area contributed by atoms with Crippen LogP contribution in [0.25, 0.3) is 0 Å². The Morgan fingerprint density at radius 3 is 2.74 bits per heavy atom. The third-order valence-electron chi connectivity index (χ3n) is 4.64. The van der Waals surface area contributed by atoms with Crippen molar-refractivity contribution in [2.24, 2.45) is 5.92 Å². The molecule has 0 aromatic heterocycles. The van der Waals surface area contributed by atoms with Gasteiger partial charge in [0.15, 0.2) is 0 Å². The fourth-order valence-electron chi connectivity index (χ4n) is 3.49. The monoisotopic (exact) mass is 267 g/mol. The lowest BCUT2D eigenvalue weighted by Crippen LogP contribution is -2.36. The van der Waals surface area contributed by atoms with Crippen molar-refractivity contribution in [1.29, 1.82) is 0 Å². The summed E-state index contributed by atoms with van der Waals surface area (Å²) < 4.78 is 5.40. The Labute approximate surface area is 117 Å². The highest BCUT2D eigenvalue weighted by Crippen LogP contribution is 2.34. The van der Waals surface area contributed by atoms with Gasteiger partial charge >= 0.3 is 5.97 Å². The van der Waals surface area contributed by atoms with Crippen LogP contribution in [-0.2, 0) is 9.53 Å². The van der Waals surface area contributed by atoms with E-state index in [1.54, 1.807) is 0 Å². The number of esters is 1. The Morgan fingerprint density at radius 1 is 1.16 bits per heavy atom. The molecule has 19 heavy (non-hydrogen) atoms. The van der Waals surface area contributed by atoms with E-state index in [1.165, 1.54) is 51.4 Å². The van der Waals surface area contributed by atoms with E-state index >= 15 is 0 Å². The summed E-state index contributed by atoms with van der Waals surface area (Å²) in [5.41, 5.74) is 0. The van der Waals surface area contributed by atoms with E-state index in [9.17, 15) is 4.79 Å². The van der Waals surface area contributed by atoms with Crippen molar-refractivity contribution >= 4 is 5.97 Å². The smallest absolute Gasteiger partial charge is 0.323 e. The zero-order valence-corrected chi connectivity index (χ0v) is 12.3. The van der Waals surface area contributed by atoms with Gasteiger partial charge in [0.1, 0.15) is 6.04 Å². The van der Waals surface area contributed by atoms with E-state index in [2.05, 4.69) is 12.2 Å². The molecule has 3 nitrogen and oxygen atoms in total. The van der Waals surface area contributed by atoms with Crippen molar-refractivity contribution in [1.82, 2.24) is 5.32 Å². The summed E-state index contributed by atoms with van der Waals surface area (Å²) in [7, 11) is 0. The number of hydrogen-bond donors (Lipinski definition) is 1. The molecule has 1 aliphatic carbocycles. The molecule has 0 radical (unpaired) electrons. The second kappa shape index (κ2) is 7.88. The van der Waals surface area contributed by atoms with Crippen LogP contribution in [0, 0.1) is 5.92 Å². The maximum Gasteiger partial charge on any atom is 0.323 e. The Morgan fingerprint density at radius 2 is 1.95 bits per heavy atom. The first-order valence-electron chi connectivity index (χ1n) is 8.24. The summed E-state index contributed by atoms with van der Waals surface area (Å²) in [6.45, 7) is 2.84. The van der Waals surface area contributed by atoms with Crippen molar-refractivity contribution in [3.8, 4) is 0 Å². The first-order chi connectivity index (χ1) is 9.31. The highest BCUT2D eigenvalue weighted by atomic mass is 16.5. The fourth-order valence-corrected chi connectivity index (χ4v) is 3.49. The Balaban J connectivity index is 1.51. The minimum Gasteiger partial charge on any atom is -0.465 e. The van der Waals surface area contributed by atoms with Crippen LogP contribution in [0.4, 0.5) is 0 Å². The molecule has 1 N–H and O–H groups in total. The lowest BCUT2D eigenvalue weighted by atomic mass is 10.0. The predicted octanol–water partition coefficient (Wildman–Crippen LogP) is 3.42. The molecule has 0 amide bonds. The quantitative estimate of drug-likeness (QED) is 0.541. The Bertz CT molecular complexity index is 268. The predicted molar refractivity (Wildman–Crippen MR) is 77.0 cm³/mol. The fraction of sp³-hybridized carbons (Fsp3) is 0.938. The topological polar surface area (TPSA) is 38.3 Å². The van der Waals surface area contributed by atoms with E-state index in [0.29, 0.717) is 12.6 Å². The summed E-state index contributed by atoms with van der Waals surface area (Å²) in [6, 6.07) is 0.571. The van der Waals surface area contributed by atoms with Crippen molar-refractivity contribution in [2.45, 2.75) is 83.2 Å². The average molecular weight is 267 g/mol. The normalized spacial score (nSPS) is 29.4. The molecule has 1 saturated carbocycles. The number of ether oxygens (including phenoxy) is 1. The van der Waals surface area contributed by atoms with Crippen molar-refractivity contribution < 1.29 is 9.53 Å². The van der Waals surface area contributed by atoms with Gasteiger partial charge in [0, 0.05) is 6.04 Å². The van der Waals surface area contributed by atoms with Crippen LogP contribution in [0.1, 0.15) is 71.1 Å². The van der Waals surface area contributed by atoms with Crippen molar-refractivity contribution in [3.05, 3.63) is 0 Å². The first kappa shape index (κ1) is 14.8. The van der Waals surface area contributed by atoms with Gasteiger partial charge in [-0.3, -0.25) is 4.79 Å². The Kier molecular flexibility index (Phi) is 6.15. The molecule has 1 heterocycles. The second-order valence-corrected chi connectivity index (χ2v) is 6.19. The second-order valence-electron chi connectivity index (χ2n) is 6.19. The highest BCUT2D eigenvalue weighted by Gasteiger charge is 2.40. The van der Waals surface area contributed by atoms with Gasteiger partial charge in [-0.05, 0) is 31.6 Å². The van der Waals surface area contributed by atoms with Gasteiger partial charge < -0.3 is 10.1 Å². The third kappa shape index (κ3) is 4.48. The molecule has 0 bridgehead atoms. The van der Waals surface area contributed by atoms with E-state index in [1.807, 2.05) is 0 Å². The van der Waals surface area contributed by atoms with Crippen LogP contribution in [-0.4, -0.2) is 24.7 Å². The number of hydrogen-bond acceptors (Lipinski definition) is 3. The minimum absolute atomic E-state index is 0.0111. The molecule has 0 aromatic carbocycles. The standard InChI is InChI=1S/C16H29NO2/c1-2-3-4-5-6-7-11-19-16(18)15-12-13-9-8-10-14(13)17-15/h13-15,17H,2-12H2,1H3/t13-,14-,15-/m0/s1. The molecule has 1 saturated heterocycles. The lowest BCUT2D eigenvalue weighted by Gasteiger charge is -2.12. The van der Waals surface area contributed by atoms with Crippen LogP contribution in [0.15, 0.2) is 0 Å². The van der Waals surface area contributed by atoms with E-state index < -0.39 is 0 Å². The van der Waals surface area contributed by atoms with Crippen molar-refractivity contribution in [3.63, 3.8) is 0 Å². The molecule has 0 spiro atoms. The number of rotatable bonds is 8. The summed E-state index contributed by atoms with van der Waals surface area (Å²) in [5.74, 6) is 0.717. The summed E-state index contributed by atoms with van der Waals surface area (Å²) in [5, 5.41) is 3.45. The number of nitrogens with one attached hydrogen (secondary N) is 1. The van der Waals surface area contributed by atoms with Crippen molar-refractivity contribution in [2.75, 3.05) is 6.61 Å². The highest BCUT2D eigenvalue weighted by molar-refractivity contribution is 5.76. The van der Waals surface area contributed by atoms with Gasteiger partial charge in [-0.15, -0.1) is 0 Å². The maximum absolute atomic E-state index is 11.9. The van der Waals surface area contributed by atoms with Gasteiger partial charge in [-0.1, -0.05) is 45.4 Å². The van der Waals surface area contributed by atoms with Crippen LogP contribution in [0.3, 0.4) is 0 Å². The molecule has 1 aliphatic heterocycles. The zero-order valence-electron chi connectivity index (χ0n) is 12.3. The summed E-state index contributed by atoms with van der Waals surface area (Å²) in [4.78, 5) is 11.9. The number of carbonyl (C=O) groups is 1. The van der Waals surface area contributed by atoms with Gasteiger partial charge in [0.05, 0.1) is 6.61 Å². The summed E-state index contributed by atoms with van der Waals surface area (Å²) in [6.07, 6.45) is 12.3. The molecule has 2 rings (SSSR count). The van der Waals surface area contributed by atoms with Crippen LogP contribution < -0.4 is 5.32 Å². The van der Waals surface area contributed by atoms with Gasteiger partial charge in [0.2, 0.25) is 0 Å². The largest absolute Gasteiger partial charge is 0.465 e. The Hall–Kier alpha value is -0.570. The van der Waals surface area contributed by atoms with Gasteiger partial charge in [0.25, 0.3) is 0 Å². The average Bonchev–Trinajstić information content (AvgIpc) is 2.98. The molecule has 0 unspecified atom stereocenters.